The fourth-order valence-electron chi connectivity index (χ4n) is 3.78. The molecule has 1 fully saturated rings. The SMILES string of the molecule is COc1ccc(S(=O)(=O)CCCC(=O)N2CCC(Oc3nc4c(F)cccc4s3)CC2)cc1. The van der Waals surface area contributed by atoms with Crippen LogP contribution < -0.4 is 9.47 Å². The monoisotopic (exact) mass is 492 g/mol. The number of hydrogen-bond acceptors (Lipinski definition) is 7. The predicted molar refractivity (Wildman–Crippen MR) is 124 cm³/mol. The number of carbonyl (C=O) groups excluding carboxylic acids is 1. The van der Waals surface area contributed by atoms with E-state index in [-0.39, 0.29) is 41.3 Å². The van der Waals surface area contributed by atoms with E-state index in [0.29, 0.717) is 42.4 Å². The molecule has 2 aromatic carbocycles. The molecule has 1 aliphatic rings. The second kappa shape index (κ2) is 10.0. The Kier molecular flexibility index (Phi) is 7.14. The van der Waals surface area contributed by atoms with Crippen molar-refractivity contribution in [3.8, 4) is 10.9 Å². The lowest BCUT2D eigenvalue weighted by Gasteiger charge is -2.31. The molecule has 0 spiro atoms. The zero-order chi connectivity index (χ0) is 23.4. The Morgan fingerprint density at radius 3 is 2.58 bits per heavy atom. The number of piperidine rings is 1. The summed E-state index contributed by atoms with van der Waals surface area (Å²) in [5.74, 6) is 0.0824. The summed E-state index contributed by atoms with van der Waals surface area (Å²) in [6.07, 6.45) is 1.65. The third kappa shape index (κ3) is 5.62. The highest BCUT2D eigenvalue weighted by Gasteiger charge is 2.25. The molecule has 2 heterocycles. The summed E-state index contributed by atoms with van der Waals surface area (Å²) in [6, 6.07) is 11.1. The first-order valence-electron chi connectivity index (χ1n) is 10.7. The highest BCUT2D eigenvalue weighted by atomic mass is 32.2. The molecular formula is C23H25FN2O5S2. The third-order valence-electron chi connectivity index (χ3n) is 5.63. The van der Waals surface area contributed by atoms with Gasteiger partial charge in [-0.05, 0) is 42.8 Å². The largest absolute Gasteiger partial charge is 0.497 e. The number of sulfone groups is 1. The van der Waals surface area contributed by atoms with Gasteiger partial charge in [-0.25, -0.2) is 12.8 Å². The van der Waals surface area contributed by atoms with E-state index >= 15 is 0 Å². The predicted octanol–water partition coefficient (Wildman–Crippen LogP) is 4.07. The fourth-order valence-corrected chi connectivity index (χ4v) is 5.99. The van der Waals surface area contributed by atoms with Crippen LogP contribution in [-0.4, -0.2) is 56.3 Å². The van der Waals surface area contributed by atoms with E-state index < -0.39 is 9.84 Å². The second-order valence-electron chi connectivity index (χ2n) is 7.86. The first-order valence-corrected chi connectivity index (χ1v) is 13.2. The van der Waals surface area contributed by atoms with Gasteiger partial charge in [-0.2, -0.15) is 4.98 Å². The van der Waals surface area contributed by atoms with E-state index in [2.05, 4.69) is 4.98 Å². The number of methoxy groups -OCH3 is 1. The molecule has 10 heteroatoms. The molecule has 7 nitrogen and oxygen atoms in total. The summed E-state index contributed by atoms with van der Waals surface area (Å²) < 4.78 is 50.5. The number of benzene rings is 2. The van der Waals surface area contributed by atoms with Gasteiger partial charge in [0.2, 0.25) is 5.91 Å². The van der Waals surface area contributed by atoms with Gasteiger partial charge in [-0.15, -0.1) is 0 Å². The summed E-state index contributed by atoms with van der Waals surface area (Å²) in [7, 11) is -1.93. The summed E-state index contributed by atoms with van der Waals surface area (Å²) in [6.45, 7) is 1.07. The molecule has 0 aliphatic carbocycles. The van der Waals surface area contributed by atoms with Gasteiger partial charge in [-0.1, -0.05) is 17.4 Å². The Bertz CT molecular complexity index is 1220. The topological polar surface area (TPSA) is 85.8 Å². The number of halogens is 1. The van der Waals surface area contributed by atoms with Crippen LogP contribution in [-0.2, 0) is 14.6 Å². The average molecular weight is 493 g/mol. The van der Waals surface area contributed by atoms with Crippen molar-refractivity contribution in [3.05, 3.63) is 48.3 Å². The molecule has 1 amide bonds. The Hall–Kier alpha value is -2.72. The van der Waals surface area contributed by atoms with Crippen molar-refractivity contribution in [3.63, 3.8) is 0 Å². The maximum Gasteiger partial charge on any atom is 0.274 e. The smallest absolute Gasteiger partial charge is 0.274 e. The molecule has 33 heavy (non-hydrogen) atoms. The minimum Gasteiger partial charge on any atom is -0.497 e. The highest BCUT2D eigenvalue weighted by molar-refractivity contribution is 7.91. The van der Waals surface area contributed by atoms with Crippen LogP contribution in [0.2, 0.25) is 0 Å². The van der Waals surface area contributed by atoms with Crippen LogP contribution in [0.25, 0.3) is 10.2 Å². The lowest BCUT2D eigenvalue weighted by molar-refractivity contribution is -0.133. The molecule has 4 rings (SSSR count). The zero-order valence-electron chi connectivity index (χ0n) is 18.2. The fraction of sp³-hybridized carbons (Fsp3) is 0.391. The maximum absolute atomic E-state index is 13.8. The van der Waals surface area contributed by atoms with Crippen LogP contribution in [0.1, 0.15) is 25.7 Å². The molecule has 1 aromatic heterocycles. The molecule has 0 radical (unpaired) electrons. The van der Waals surface area contributed by atoms with E-state index in [1.807, 2.05) is 0 Å². The van der Waals surface area contributed by atoms with E-state index in [1.54, 1.807) is 29.2 Å². The summed E-state index contributed by atoms with van der Waals surface area (Å²) >= 11 is 1.31. The lowest BCUT2D eigenvalue weighted by atomic mass is 10.1. The normalized spacial score (nSPS) is 15.0. The number of aromatic nitrogens is 1. The third-order valence-corrected chi connectivity index (χ3v) is 8.36. The molecule has 176 valence electrons. The summed E-state index contributed by atoms with van der Waals surface area (Å²) in [5, 5.41) is 0.434. The van der Waals surface area contributed by atoms with Gasteiger partial charge in [0.05, 0.1) is 22.5 Å². The number of nitrogens with zero attached hydrogens (tertiary/aromatic N) is 2. The Morgan fingerprint density at radius 2 is 1.91 bits per heavy atom. The van der Waals surface area contributed by atoms with Crippen LogP contribution in [0.15, 0.2) is 47.4 Å². The van der Waals surface area contributed by atoms with Crippen LogP contribution in [0.4, 0.5) is 4.39 Å². The first-order chi connectivity index (χ1) is 15.9. The molecule has 0 atom stereocenters. The lowest BCUT2D eigenvalue weighted by Crippen LogP contribution is -2.41. The molecule has 0 N–H and O–H groups in total. The number of amides is 1. The van der Waals surface area contributed by atoms with E-state index in [4.69, 9.17) is 9.47 Å². The number of ether oxygens (including phenoxy) is 2. The van der Waals surface area contributed by atoms with E-state index in [9.17, 15) is 17.6 Å². The molecular weight excluding hydrogens is 467 g/mol. The summed E-state index contributed by atoms with van der Waals surface area (Å²) in [5.41, 5.74) is 0.315. The molecule has 0 saturated carbocycles. The standard InChI is InChI=1S/C23H25FN2O5S2/c1-30-16-7-9-18(10-8-16)33(28,29)15-3-6-21(27)26-13-11-17(12-14-26)31-23-25-22-19(24)4-2-5-20(22)32-23/h2,4-5,7-10,17H,3,6,11-15H2,1H3. The second-order valence-corrected chi connectivity index (χ2v) is 11.0. The van der Waals surface area contributed by atoms with Crippen molar-refractivity contribution in [2.45, 2.75) is 36.7 Å². The minimum atomic E-state index is -3.45. The van der Waals surface area contributed by atoms with Gasteiger partial charge in [0.1, 0.15) is 23.2 Å². The van der Waals surface area contributed by atoms with Crippen molar-refractivity contribution in [2.75, 3.05) is 26.0 Å². The molecule has 0 bridgehead atoms. The summed E-state index contributed by atoms with van der Waals surface area (Å²) in [4.78, 5) is 18.8. The number of para-hydroxylation sites is 1. The first kappa shape index (κ1) is 23.4. The number of carbonyl (C=O) groups is 1. The zero-order valence-corrected chi connectivity index (χ0v) is 19.8. The van der Waals surface area contributed by atoms with Gasteiger partial charge in [0.15, 0.2) is 9.84 Å². The van der Waals surface area contributed by atoms with Crippen LogP contribution in [0.3, 0.4) is 0 Å². The van der Waals surface area contributed by atoms with Crippen molar-refractivity contribution < 1.29 is 27.1 Å². The highest BCUT2D eigenvalue weighted by Crippen LogP contribution is 2.31. The molecule has 1 aliphatic heterocycles. The van der Waals surface area contributed by atoms with Crippen molar-refractivity contribution >= 4 is 37.3 Å². The van der Waals surface area contributed by atoms with Gasteiger partial charge < -0.3 is 14.4 Å². The van der Waals surface area contributed by atoms with Crippen molar-refractivity contribution in [1.82, 2.24) is 9.88 Å². The molecule has 3 aromatic rings. The number of likely N-dealkylation sites (tertiary alicyclic amines) is 1. The number of rotatable bonds is 8. The van der Waals surface area contributed by atoms with Crippen LogP contribution in [0.5, 0.6) is 10.9 Å². The number of thiazole rings is 1. The van der Waals surface area contributed by atoms with E-state index in [0.717, 1.165) is 4.70 Å². The van der Waals surface area contributed by atoms with Crippen molar-refractivity contribution in [1.29, 1.82) is 0 Å². The van der Waals surface area contributed by atoms with E-state index in [1.165, 1.54) is 36.6 Å². The Balaban J connectivity index is 1.23. The minimum absolute atomic E-state index is 0.0551. The average Bonchev–Trinajstić information content (AvgIpc) is 3.23. The van der Waals surface area contributed by atoms with Crippen LogP contribution in [0, 0.1) is 5.82 Å². The van der Waals surface area contributed by atoms with Crippen LogP contribution >= 0.6 is 11.3 Å². The maximum atomic E-state index is 13.8. The quantitative estimate of drug-likeness (QED) is 0.471. The van der Waals surface area contributed by atoms with Crippen molar-refractivity contribution in [2.24, 2.45) is 0 Å². The van der Waals surface area contributed by atoms with Gasteiger partial charge in [0, 0.05) is 32.4 Å². The van der Waals surface area contributed by atoms with Gasteiger partial charge >= 0.3 is 0 Å². The molecule has 1 saturated heterocycles. The Labute approximate surface area is 196 Å². The molecule has 0 unspecified atom stereocenters. The Morgan fingerprint density at radius 1 is 1.18 bits per heavy atom. The van der Waals surface area contributed by atoms with Gasteiger partial charge in [-0.3, -0.25) is 4.79 Å². The number of fused-ring (bicyclic) bond motifs is 1. The van der Waals surface area contributed by atoms with Gasteiger partial charge in [0.25, 0.3) is 5.19 Å². The number of hydrogen-bond donors (Lipinski definition) is 0.